The second-order valence-corrected chi connectivity index (χ2v) is 6.98. The van der Waals surface area contributed by atoms with Crippen LogP contribution in [-0.4, -0.2) is 34.1 Å². The van der Waals surface area contributed by atoms with Gasteiger partial charge in [0.15, 0.2) is 0 Å². The first kappa shape index (κ1) is 17.2. The molecule has 2 amide bonds. The number of ether oxygens (including phenoxy) is 1. The number of nitrogens with two attached hydrogens (primary N) is 1. The number of halogens is 2. The van der Waals surface area contributed by atoms with E-state index in [0.717, 1.165) is 22.4 Å². The van der Waals surface area contributed by atoms with E-state index in [1.165, 1.54) is 0 Å². The second kappa shape index (κ2) is 6.48. The van der Waals surface area contributed by atoms with Crippen molar-refractivity contribution in [2.75, 3.05) is 18.9 Å². The molecule has 2 aliphatic heterocycles. The number of nitrogen functional groups attached to an aromatic ring is 1. The lowest BCUT2D eigenvalue weighted by Gasteiger charge is -2.16. The van der Waals surface area contributed by atoms with Crippen LogP contribution in [0.3, 0.4) is 0 Å². The Morgan fingerprint density at radius 2 is 2.12 bits per heavy atom. The molecule has 0 spiro atoms. The van der Waals surface area contributed by atoms with E-state index >= 15 is 0 Å². The van der Waals surface area contributed by atoms with Crippen LogP contribution < -0.4 is 15.8 Å². The number of hydrogen-bond acceptors (Lipinski definition) is 5. The van der Waals surface area contributed by atoms with Crippen molar-refractivity contribution in [2.45, 2.75) is 26.4 Å². The van der Waals surface area contributed by atoms with Crippen molar-refractivity contribution in [1.82, 2.24) is 20.2 Å². The van der Waals surface area contributed by atoms with Crippen molar-refractivity contribution in [3.8, 4) is 17.0 Å². The lowest BCUT2D eigenvalue weighted by molar-refractivity contribution is 0.199. The minimum Gasteiger partial charge on any atom is -0.491 e. The molecule has 9 heteroatoms. The topological polar surface area (TPSA) is 93.4 Å². The summed E-state index contributed by atoms with van der Waals surface area (Å²) in [6.45, 7) is 3.74. The number of carbonyl (C=O) groups is 1. The third-order valence-electron chi connectivity index (χ3n) is 4.54. The van der Waals surface area contributed by atoms with Gasteiger partial charge in [-0.3, -0.25) is 0 Å². The fourth-order valence-electron chi connectivity index (χ4n) is 3.44. The van der Waals surface area contributed by atoms with Gasteiger partial charge < -0.3 is 20.7 Å². The maximum absolute atomic E-state index is 12.2. The summed E-state index contributed by atoms with van der Waals surface area (Å²) < 4.78 is 5.65. The Morgan fingerprint density at radius 1 is 1.31 bits per heavy atom. The van der Waals surface area contributed by atoms with Crippen LogP contribution in [0.1, 0.15) is 23.7 Å². The molecule has 0 saturated carbocycles. The second-order valence-electron chi connectivity index (χ2n) is 6.17. The SMILES string of the molecule is CCNC(=O)N1Cc2nc(N)nc(-c3c(Cl)cc(Cl)c4c3CCO4)c2C1. The Kier molecular flexibility index (Phi) is 4.28. The average Bonchev–Trinajstić information content (AvgIpc) is 3.21. The Balaban J connectivity index is 1.85. The molecule has 1 aromatic carbocycles. The zero-order valence-corrected chi connectivity index (χ0v) is 15.6. The van der Waals surface area contributed by atoms with E-state index < -0.39 is 0 Å². The van der Waals surface area contributed by atoms with E-state index in [0.29, 0.717) is 54.2 Å². The van der Waals surface area contributed by atoms with E-state index in [2.05, 4.69) is 15.3 Å². The van der Waals surface area contributed by atoms with Crippen molar-refractivity contribution < 1.29 is 9.53 Å². The number of rotatable bonds is 2. The summed E-state index contributed by atoms with van der Waals surface area (Å²) in [5.74, 6) is 0.783. The van der Waals surface area contributed by atoms with E-state index in [1.54, 1.807) is 11.0 Å². The molecule has 1 aromatic heterocycles. The van der Waals surface area contributed by atoms with Gasteiger partial charge in [-0.2, -0.15) is 0 Å². The van der Waals surface area contributed by atoms with E-state index in [1.807, 2.05) is 6.92 Å². The van der Waals surface area contributed by atoms with Gasteiger partial charge in [-0.25, -0.2) is 14.8 Å². The van der Waals surface area contributed by atoms with Gasteiger partial charge in [0.05, 0.1) is 41.1 Å². The molecule has 0 saturated heterocycles. The monoisotopic (exact) mass is 393 g/mol. The summed E-state index contributed by atoms with van der Waals surface area (Å²) >= 11 is 12.8. The third kappa shape index (κ3) is 2.71. The minimum atomic E-state index is -0.147. The van der Waals surface area contributed by atoms with Crippen LogP contribution in [0.4, 0.5) is 10.7 Å². The lowest BCUT2D eigenvalue weighted by Crippen LogP contribution is -2.36. The summed E-state index contributed by atoms with van der Waals surface area (Å²) in [5.41, 5.74) is 9.83. The van der Waals surface area contributed by atoms with Crippen molar-refractivity contribution in [2.24, 2.45) is 0 Å². The Bertz CT molecular complexity index is 919. The predicted molar refractivity (Wildman–Crippen MR) is 99.4 cm³/mol. The third-order valence-corrected chi connectivity index (χ3v) is 5.11. The molecule has 26 heavy (non-hydrogen) atoms. The summed E-state index contributed by atoms with van der Waals surface area (Å²) in [7, 11) is 0. The highest BCUT2D eigenvalue weighted by Crippen LogP contribution is 2.45. The first-order chi connectivity index (χ1) is 12.5. The van der Waals surface area contributed by atoms with E-state index in [-0.39, 0.29) is 12.0 Å². The maximum Gasteiger partial charge on any atom is 0.318 e. The minimum absolute atomic E-state index is 0.147. The molecular weight excluding hydrogens is 377 g/mol. The Labute approximate surface area is 160 Å². The molecule has 2 aliphatic rings. The van der Waals surface area contributed by atoms with Crippen LogP contribution in [0.2, 0.25) is 10.0 Å². The van der Waals surface area contributed by atoms with Gasteiger partial charge in [0.1, 0.15) is 5.75 Å². The zero-order chi connectivity index (χ0) is 18.4. The van der Waals surface area contributed by atoms with Gasteiger partial charge in [0.25, 0.3) is 0 Å². The molecule has 7 nitrogen and oxygen atoms in total. The summed E-state index contributed by atoms with van der Waals surface area (Å²) in [4.78, 5) is 22.7. The molecule has 3 heterocycles. The first-order valence-electron chi connectivity index (χ1n) is 8.31. The number of benzene rings is 1. The van der Waals surface area contributed by atoms with Gasteiger partial charge in [0.2, 0.25) is 5.95 Å². The summed E-state index contributed by atoms with van der Waals surface area (Å²) in [6.07, 6.45) is 0.684. The fourth-order valence-corrected chi connectivity index (χ4v) is 4.09. The molecule has 3 N–H and O–H groups in total. The number of carbonyl (C=O) groups excluding carboxylic acids is 1. The normalized spacial score (nSPS) is 14.8. The molecule has 136 valence electrons. The van der Waals surface area contributed by atoms with E-state index in [9.17, 15) is 4.79 Å². The number of hydrogen-bond donors (Lipinski definition) is 2. The number of aromatic nitrogens is 2. The number of anilines is 1. The Hall–Kier alpha value is -2.25. The number of urea groups is 1. The molecule has 4 rings (SSSR count). The average molecular weight is 394 g/mol. The van der Waals surface area contributed by atoms with Crippen LogP contribution in [-0.2, 0) is 19.5 Å². The molecule has 0 unspecified atom stereocenters. The van der Waals surface area contributed by atoms with Crippen LogP contribution >= 0.6 is 23.2 Å². The van der Waals surface area contributed by atoms with Crippen LogP contribution in [0.15, 0.2) is 6.07 Å². The van der Waals surface area contributed by atoms with Crippen molar-refractivity contribution in [3.63, 3.8) is 0 Å². The number of fused-ring (bicyclic) bond motifs is 2. The summed E-state index contributed by atoms with van der Waals surface area (Å²) in [6, 6.07) is 1.51. The molecule has 0 fully saturated rings. The van der Waals surface area contributed by atoms with Gasteiger partial charge >= 0.3 is 6.03 Å². The quantitative estimate of drug-likeness (QED) is 0.817. The Morgan fingerprint density at radius 3 is 2.88 bits per heavy atom. The van der Waals surface area contributed by atoms with Crippen molar-refractivity contribution in [1.29, 1.82) is 0 Å². The highest BCUT2D eigenvalue weighted by molar-refractivity contribution is 6.37. The van der Waals surface area contributed by atoms with Crippen LogP contribution in [0, 0.1) is 0 Å². The van der Waals surface area contributed by atoms with Gasteiger partial charge in [-0.15, -0.1) is 0 Å². The van der Waals surface area contributed by atoms with Gasteiger partial charge in [-0.05, 0) is 13.0 Å². The van der Waals surface area contributed by atoms with Crippen LogP contribution in [0.25, 0.3) is 11.3 Å². The summed E-state index contributed by atoms with van der Waals surface area (Å²) in [5, 5.41) is 3.76. The van der Waals surface area contributed by atoms with Crippen molar-refractivity contribution >= 4 is 35.2 Å². The molecular formula is C17H17Cl2N5O2. The molecule has 0 radical (unpaired) electrons. The first-order valence-corrected chi connectivity index (χ1v) is 9.07. The highest BCUT2D eigenvalue weighted by Gasteiger charge is 2.32. The largest absolute Gasteiger partial charge is 0.491 e. The maximum atomic E-state index is 12.2. The molecule has 2 aromatic rings. The number of nitrogens with one attached hydrogen (secondary N) is 1. The van der Waals surface area contributed by atoms with Gasteiger partial charge in [0, 0.05) is 29.7 Å². The number of amides is 2. The highest BCUT2D eigenvalue weighted by atomic mass is 35.5. The van der Waals surface area contributed by atoms with E-state index in [4.69, 9.17) is 33.7 Å². The van der Waals surface area contributed by atoms with Crippen LogP contribution in [0.5, 0.6) is 5.75 Å². The van der Waals surface area contributed by atoms with Gasteiger partial charge in [-0.1, -0.05) is 23.2 Å². The standard InChI is InChI=1S/C17H17Cl2N5O2/c1-2-21-17(25)24-6-9-12(7-24)22-16(20)23-14(9)13-8-3-4-26-15(8)11(19)5-10(13)18/h5H,2-4,6-7H2,1H3,(H,21,25)(H2,20,22,23). The fraction of sp³-hybridized carbons (Fsp3) is 0.353. The zero-order valence-electron chi connectivity index (χ0n) is 14.1. The van der Waals surface area contributed by atoms with Crippen molar-refractivity contribution in [3.05, 3.63) is 32.9 Å². The molecule has 0 atom stereocenters. The lowest BCUT2D eigenvalue weighted by atomic mass is 9.98. The smallest absolute Gasteiger partial charge is 0.318 e. The number of nitrogens with zero attached hydrogens (tertiary/aromatic N) is 3. The predicted octanol–water partition coefficient (Wildman–Crippen LogP) is 3.01. The molecule has 0 aliphatic carbocycles. The molecule has 0 bridgehead atoms.